The van der Waals surface area contributed by atoms with E-state index in [0.29, 0.717) is 43.5 Å². The Morgan fingerprint density at radius 3 is 2.50 bits per heavy atom. The zero-order valence-electron chi connectivity index (χ0n) is 15.7. The predicted molar refractivity (Wildman–Crippen MR) is 107 cm³/mol. The summed E-state index contributed by atoms with van der Waals surface area (Å²) >= 11 is 0. The van der Waals surface area contributed by atoms with Crippen molar-refractivity contribution in [2.75, 3.05) is 50.0 Å². The van der Waals surface area contributed by atoms with E-state index in [1.54, 1.807) is 25.2 Å². The summed E-state index contributed by atoms with van der Waals surface area (Å²) in [6, 6.07) is 12.5. The standard InChI is InChI=1S/C20H23F2N5O/c1-23-20(24-14-19(28)25-16-6-4-5-15(21)13-16)27-11-9-26(10-12-27)18-8-3-2-7-17(18)22/h2-8,13H,9-12,14H2,1H3,(H,23,24)(H,25,28). The maximum absolute atomic E-state index is 14.0. The number of guanidine groups is 1. The van der Waals surface area contributed by atoms with Gasteiger partial charge in [0.05, 0.1) is 12.2 Å². The van der Waals surface area contributed by atoms with Crippen LogP contribution in [0.5, 0.6) is 0 Å². The zero-order valence-corrected chi connectivity index (χ0v) is 15.7. The van der Waals surface area contributed by atoms with Gasteiger partial charge in [-0.2, -0.15) is 0 Å². The van der Waals surface area contributed by atoms with Gasteiger partial charge in [-0.1, -0.05) is 18.2 Å². The van der Waals surface area contributed by atoms with Gasteiger partial charge >= 0.3 is 0 Å². The minimum Gasteiger partial charge on any atom is -0.366 e. The Labute approximate surface area is 162 Å². The number of para-hydroxylation sites is 1. The van der Waals surface area contributed by atoms with Gasteiger partial charge in [0.15, 0.2) is 5.96 Å². The fourth-order valence-electron chi connectivity index (χ4n) is 3.13. The molecule has 0 unspecified atom stereocenters. The van der Waals surface area contributed by atoms with Gasteiger partial charge in [0.25, 0.3) is 0 Å². The van der Waals surface area contributed by atoms with Crippen LogP contribution in [0.4, 0.5) is 20.2 Å². The third-order valence-corrected chi connectivity index (χ3v) is 4.50. The molecule has 0 spiro atoms. The van der Waals surface area contributed by atoms with Crippen LogP contribution in [0, 0.1) is 11.6 Å². The first-order chi connectivity index (χ1) is 13.6. The molecule has 8 heteroatoms. The monoisotopic (exact) mass is 387 g/mol. The second-order valence-corrected chi connectivity index (χ2v) is 6.38. The fourth-order valence-corrected chi connectivity index (χ4v) is 3.13. The molecule has 1 aliphatic heterocycles. The number of nitrogens with one attached hydrogen (secondary N) is 2. The van der Waals surface area contributed by atoms with Crippen LogP contribution in [0.2, 0.25) is 0 Å². The Balaban J connectivity index is 1.49. The lowest BCUT2D eigenvalue weighted by Crippen LogP contribution is -2.53. The molecule has 1 heterocycles. The van der Waals surface area contributed by atoms with Crippen LogP contribution in [0.15, 0.2) is 53.5 Å². The molecule has 2 aromatic rings. The number of carbonyl (C=O) groups excluding carboxylic acids is 1. The molecular weight excluding hydrogens is 364 g/mol. The second kappa shape index (κ2) is 9.16. The number of piperazine rings is 1. The minimum atomic E-state index is -0.408. The number of anilines is 2. The van der Waals surface area contributed by atoms with Crippen LogP contribution >= 0.6 is 0 Å². The highest BCUT2D eigenvalue weighted by molar-refractivity contribution is 5.95. The first kappa shape index (κ1) is 19.6. The molecule has 2 N–H and O–H groups in total. The van der Waals surface area contributed by atoms with E-state index < -0.39 is 5.82 Å². The van der Waals surface area contributed by atoms with Crippen molar-refractivity contribution < 1.29 is 13.6 Å². The Morgan fingerprint density at radius 1 is 1.07 bits per heavy atom. The van der Waals surface area contributed by atoms with Crippen LogP contribution in [0.25, 0.3) is 0 Å². The van der Waals surface area contributed by atoms with E-state index in [1.165, 1.54) is 24.3 Å². The summed E-state index contributed by atoms with van der Waals surface area (Å²) < 4.78 is 27.1. The molecule has 0 bridgehead atoms. The van der Waals surface area contributed by atoms with Crippen LogP contribution < -0.4 is 15.5 Å². The zero-order chi connectivity index (χ0) is 19.9. The average molecular weight is 387 g/mol. The molecule has 1 saturated heterocycles. The van der Waals surface area contributed by atoms with Gasteiger partial charge in [-0.15, -0.1) is 0 Å². The predicted octanol–water partition coefficient (Wildman–Crippen LogP) is 2.30. The molecule has 0 atom stereocenters. The summed E-state index contributed by atoms with van der Waals surface area (Å²) in [5, 5.41) is 5.65. The summed E-state index contributed by atoms with van der Waals surface area (Å²) in [6.45, 7) is 2.62. The van der Waals surface area contributed by atoms with Gasteiger partial charge in [0, 0.05) is 38.9 Å². The number of benzene rings is 2. The topological polar surface area (TPSA) is 60.0 Å². The molecule has 28 heavy (non-hydrogen) atoms. The fraction of sp³-hybridized carbons (Fsp3) is 0.300. The quantitative estimate of drug-likeness (QED) is 0.624. The molecule has 1 amide bonds. The molecule has 0 aromatic heterocycles. The van der Waals surface area contributed by atoms with Crippen molar-refractivity contribution in [3.63, 3.8) is 0 Å². The van der Waals surface area contributed by atoms with Gasteiger partial charge in [0.2, 0.25) is 5.91 Å². The van der Waals surface area contributed by atoms with Crippen LogP contribution in [0.3, 0.4) is 0 Å². The number of hydrogen-bond donors (Lipinski definition) is 2. The Bertz CT molecular complexity index is 850. The molecule has 0 saturated carbocycles. The second-order valence-electron chi connectivity index (χ2n) is 6.38. The summed E-state index contributed by atoms with van der Waals surface area (Å²) in [7, 11) is 1.65. The lowest BCUT2D eigenvalue weighted by atomic mass is 10.2. The smallest absolute Gasteiger partial charge is 0.243 e. The van der Waals surface area contributed by atoms with Gasteiger partial charge in [-0.3, -0.25) is 9.79 Å². The summed E-state index contributed by atoms with van der Waals surface area (Å²) in [6.07, 6.45) is 0. The minimum absolute atomic E-state index is 0.0106. The van der Waals surface area contributed by atoms with Crippen molar-refractivity contribution in [3.8, 4) is 0 Å². The third kappa shape index (κ3) is 4.97. The highest BCUT2D eigenvalue weighted by atomic mass is 19.1. The van der Waals surface area contributed by atoms with Gasteiger partial charge in [-0.05, 0) is 30.3 Å². The molecule has 6 nitrogen and oxygen atoms in total. The number of amides is 1. The first-order valence-electron chi connectivity index (χ1n) is 9.07. The Morgan fingerprint density at radius 2 is 1.82 bits per heavy atom. The van der Waals surface area contributed by atoms with Gasteiger partial charge in [0.1, 0.15) is 11.6 Å². The van der Waals surface area contributed by atoms with Crippen molar-refractivity contribution in [2.45, 2.75) is 0 Å². The van der Waals surface area contributed by atoms with E-state index in [9.17, 15) is 13.6 Å². The highest BCUT2D eigenvalue weighted by Crippen LogP contribution is 2.20. The molecule has 148 valence electrons. The SMILES string of the molecule is CN=C(NCC(=O)Nc1cccc(F)c1)N1CCN(c2ccccc2F)CC1. The molecule has 1 fully saturated rings. The van der Waals surface area contributed by atoms with Crippen LogP contribution in [-0.2, 0) is 4.79 Å². The van der Waals surface area contributed by atoms with E-state index in [-0.39, 0.29) is 18.3 Å². The molecule has 0 aliphatic carbocycles. The van der Waals surface area contributed by atoms with Crippen molar-refractivity contribution in [3.05, 3.63) is 60.2 Å². The Kier molecular flexibility index (Phi) is 6.41. The first-order valence-corrected chi connectivity index (χ1v) is 9.07. The van der Waals surface area contributed by atoms with Crippen molar-refractivity contribution >= 4 is 23.2 Å². The highest BCUT2D eigenvalue weighted by Gasteiger charge is 2.21. The van der Waals surface area contributed by atoms with E-state index in [4.69, 9.17) is 0 Å². The van der Waals surface area contributed by atoms with Crippen molar-refractivity contribution in [2.24, 2.45) is 4.99 Å². The molecule has 0 radical (unpaired) electrons. The van der Waals surface area contributed by atoms with Gasteiger partial charge < -0.3 is 20.4 Å². The molecule has 3 rings (SSSR count). The third-order valence-electron chi connectivity index (χ3n) is 4.50. The summed E-state index contributed by atoms with van der Waals surface area (Å²) in [5.74, 6) is -0.332. The largest absolute Gasteiger partial charge is 0.366 e. The van der Waals surface area contributed by atoms with Crippen LogP contribution in [0.1, 0.15) is 0 Å². The van der Waals surface area contributed by atoms with E-state index in [0.717, 1.165) is 0 Å². The number of halogens is 2. The van der Waals surface area contributed by atoms with E-state index in [1.807, 2.05) is 15.9 Å². The number of aliphatic imine (C=N–C) groups is 1. The summed E-state index contributed by atoms with van der Waals surface area (Å²) in [5.41, 5.74) is 1.000. The number of nitrogens with zero attached hydrogens (tertiary/aromatic N) is 3. The number of rotatable bonds is 4. The lowest BCUT2D eigenvalue weighted by molar-refractivity contribution is -0.115. The van der Waals surface area contributed by atoms with Crippen molar-refractivity contribution in [1.82, 2.24) is 10.2 Å². The summed E-state index contributed by atoms with van der Waals surface area (Å²) in [4.78, 5) is 20.3. The molecular formula is C20H23F2N5O. The normalized spacial score (nSPS) is 14.8. The lowest BCUT2D eigenvalue weighted by Gasteiger charge is -2.37. The van der Waals surface area contributed by atoms with Crippen molar-refractivity contribution in [1.29, 1.82) is 0 Å². The molecule has 2 aromatic carbocycles. The van der Waals surface area contributed by atoms with E-state index >= 15 is 0 Å². The van der Waals surface area contributed by atoms with E-state index in [2.05, 4.69) is 15.6 Å². The maximum Gasteiger partial charge on any atom is 0.243 e. The maximum atomic E-state index is 14.0. The molecule has 1 aliphatic rings. The number of carbonyl (C=O) groups is 1. The van der Waals surface area contributed by atoms with Crippen LogP contribution in [-0.4, -0.2) is 56.5 Å². The number of hydrogen-bond acceptors (Lipinski definition) is 3. The average Bonchev–Trinajstić information content (AvgIpc) is 2.69. The Hall–Kier alpha value is -3.16. The van der Waals surface area contributed by atoms with Gasteiger partial charge in [-0.25, -0.2) is 8.78 Å².